The molecule has 0 aliphatic carbocycles. The molecule has 0 aliphatic rings. The average Bonchev–Trinajstić information content (AvgIpc) is 2.26. The predicted molar refractivity (Wildman–Crippen MR) is 78.8 cm³/mol. The van der Waals surface area contributed by atoms with E-state index in [2.05, 4.69) is 4.40 Å². The van der Waals surface area contributed by atoms with E-state index in [9.17, 15) is 14.8 Å². The Balaban J connectivity index is 3.16. The smallest absolute Gasteiger partial charge is 0.144 e. The highest BCUT2D eigenvalue weighted by molar-refractivity contribution is 7.91. The number of aliphatic hydroxyl groups excluding tert-OH is 1. The van der Waals surface area contributed by atoms with Crippen LogP contribution in [0.4, 0.5) is 0 Å². The van der Waals surface area contributed by atoms with Crippen molar-refractivity contribution in [2.24, 2.45) is 4.40 Å². The van der Waals surface area contributed by atoms with E-state index < -0.39 is 22.2 Å². The fraction of sp³-hybridized carbons (Fsp3) is 0.500. The SMILES string of the molecule is C[C@@H](O)C/C(=N\[S@+]([O-])C(C)(C)C)c1ccccc1O. The van der Waals surface area contributed by atoms with Crippen LogP contribution in [0.25, 0.3) is 0 Å². The molecule has 2 atom stereocenters. The Morgan fingerprint density at radius 3 is 2.42 bits per heavy atom. The van der Waals surface area contributed by atoms with Crippen LogP contribution in [0.5, 0.6) is 5.75 Å². The lowest BCUT2D eigenvalue weighted by molar-refractivity contribution is 0.203. The fourth-order valence-electron chi connectivity index (χ4n) is 1.43. The molecule has 0 saturated heterocycles. The minimum absolute atomic E-state index is 0.0767. The summed E-state index contributed by atoms with van der Waals surface area (Å²) in [6.07, 6.45) is -0.366. The summed E-state index contributed by atoms with van der Waals surface area (Å²) in [4.78, 5) is 0. The van der Waals surface area contributed by atoms with Crippen molar-refractivity contribution in [2.75, 3.05) is 0 Å². The van der Waals surface area contributed by atoms with Crippen molar-refractivity contribution in [3.63, 3.8) is 0 Å². The highest BCUT2D eigenvalue weighted by Crippen LogP contribution is 2.23. The molecule has 0 aliphatic heterocycles. The lowest BCUT2D eigenvalue weighted by Gasteiger charge is -2.20. The number of para-hydroxylation sites is 1. The average molecular weight is 283 g/mol. The van der Waals surface area contributed by atoms with Crippen LogP contribution in [0.1, 0.15) is 39.7 Å². The van der Waals surface area contributed by atoms with Gasteiger partial charge >= 0.3 is 0 Å². The molecule has 1 rings (SSSR count). The lowest BCUT2D eigenvalue weighted by atomic mass is 10.0. The molecule has 1 aromatic rings. The van der Waals surface area contributed by atoms with Gasteiger partial charge in [0.05, 0.1) is 6.10 Å². The summed E-state index contributed by atoms with van der Waals surface area (Å²) in [5, 5.41) is 19.4. The number of aromatic hydroxyl groups is 1. The zero-order valence-corrected chi connectivity index (χ0v) is 12.6. The van der Waals surface area contributed by atoms with Gasteiger partial charge in [0.1, 0.15) is 27.6 Å². The lowest BCUT2D eigenvalue weighted by Crippen LogP contribution is -2.27. The van der Waals surface area contributed by atoms with E-state index in [-0.39, 0.29) is 12.2 Å². The summed E-state index contributed by atoms with van der Waals surface area (Å²) in [6, 6.07) is 6.73. The molecule has 0 heterocycles. The standard InChI is InChI=1S/C14H21NO3S/c1-10(16)9-12(15-19(18)14(2,3)4)11-7-5-6-8-13(11)17/h5-8,10,16-17H,9H2,1-4H3/b15-12+/t10-,19-/m1/s1. The third-order valence-corrected chi connectivity index (χ3v) is 3.85. The van der Waals surface area contributed by atoms with Gasteiger partial charge in [-0.1, -0.05) is 16.5 Å². The van der Waals surface area contributed by atoms with Gasteiger partial charge in [-0.15, -0.1) is 0 Å². The Kier molecular flexibility index (Phi) is 5.40. The number of hydrogen-bond acceptors (Lipinski definition) is 4. The molecule has 0 amide bonds. The molecule has 0 bridgehead atoms. The zero-order valence-electron chi connectivity index (χ0n) is 11.8. The van der Waals surface area contributed by atoms with Gasteiger partial charge < -0.3 is 14.8 Å². The van der Waals surface area contributed by atoms with Crippen molar-refractivity contribution < 1.29 is 14.8 Å². The molecule has 19 heavy (non-hydrogen) atoms. The number of rotatable bonds is 4. The van der Waals surface area contributed by atoms with Gasteiger partial charge in [0, 0.05) is 12.0 Å². The quantitative estimate of drug-likeness (QED) is 0.658. The summed E-state index contributed by atoms with van der Waals surface area (Å²) in [5.41, 5.74) is 0.974. The first kappa shape index (κ1) is 16.0. The summed E-state index contributed by atoms with van der Waals surface area (Å²) in [6.45, 7) is 7.13. The van der Waals surface area contributed by atoms with Crippen LogP contribution in [0.2, 0.25) is 0 Å². The Labute approximate surface area is 117 Å². The number of aliphatic hydroxyl groups is 1. The van der Waals surface area contributed by atoms with Gasteiger partial charge in [0.2, 0.25) is 0 Å². The van der Waals surface area contributed by atoms with Crippen LogP contribution in [0.3, 0.4) is 0 Å². The Hall–Kier alpha value is -1.04. The third kappa shape index (κ3) is 4.86. The second-order valence-electron chi connectivity index (χ2n) is 5.47. The molecule has 5 heteroatoms. The zero-order chi connectivity index (χ0) is 14.6. The van der Waals surface area contributed by atoms with E-state index in [0.29, 0.717) is 11.3 Å². The van der Waals surface area contributed by atoms with Crippen LogP contribution in [-0.4, -0.2) is 31.3 Å². The summed E-state index contributed by atoms with van der Waals surface area (Å²) < 4.78 is 15.8. The number of phenols is 1. The molecular weight excluding hydrogens is 262 g/mol. The van der Waals surface area contributed by atoms with Crippen LogP contribution in [0, 0.1) is 0 Å². The van der Waals surface area contributed by atoms with E-state index in [1.54, 1.807) is 31.2 Å². The molecule has 106 valence electrons. The van der Waals surface area contributed by atoms with E-state index in [4.69, 9.17) is 0 Å². The molecular formula is C14H21NO3S. The number of benzene rings is 1. The topological polar surface area (TPSA) is 75.9 Å². The van der Waals surface area contributed by atoms with Gasteiger partial charge in [0.15, 0.2) is 0 Å². The largest absolute Gasteiger partial charge is 0.591 e. The first-order valence-electron chi connectivity index (χ1n) is 6.18. The number of phenolic OH excluding ortho intramolecular Hbond substituents is 1. The van der Waals surface area contributed by atoms with Gasteiger partial charge in [-0.2, -0.15) is 0 Å². The third-order valence-electron chi connectivity index (χ3n) is 2.42. The monoisotopic (exact) mass is 283 g/mol. The van der Waals surface area contributed by atoms with Crippen molar-refractivity contribution >= 4 is 17.1 Å². The van der Waals surface area contributed by atoms with Crippen LogP contribution in [0.15, 0.2) is 28.7 Å². The van der Waals surface area contributed by atoms with Crippen molar-refractivity contribution in [3.8, 4) is 5.75 Å². The maximum atomic E-state index is 12.1. The van der Waals surface area contributed by atoms with Crippen LogP contribution < -0.4 is 0 Å². The van der Waals surface area contributed by atoms with E-state index in [1.165, 1.54) is 0 Å². The van der Waals surface area contributed by atoms with Crippen molar-refractivity contribution in [3.05, 3.63) is 29.8 Å². The first-order chi connectivity index (χ1) is 8.71. The Morgan fingerprint density at radius 2 is 1.95 bits per heavy atom. The van der Waals surface area contributed by atoms with Gasteiger partial charge in [-0.25, -0.2) is 0 Å². The molecule has 1 aromatic carbocycles. The second-order valence-corrected chi connectivity index (χ2v) is 7.38. The fourth-order valence-corrected chi connectivity index (χ4v) is 2.08. The van der Waals surface area contributed by atoms with Crippen LogP contribution >= 0.6 is 0 Å². The normalized spacial score (nSPS) is 16.2. The van der Waals surface area contributed by atoms with Crippen molar-refractivity contribution in [1.82, 2.24) is 0 Å². The first-order valence-corrected chi connectivity index (χ1v) is 7.28. The minimum Gasteiger partial charge on any atom is -0.591 e. The van der Waals surface area contributed by atoms with Crippen molar-refractivity contribution in [1.29, 1.82) is 0 Å². The highest BCUT2D eigenvalue weighted by Gasteiger charge is 2.28. The number of nitrogens with zero attached hydrogens (tertiary/aromatic N) is 1. The van der Waals surface area contributed by atoms with E-state index in [1.807, 2.05) is 20.8 Å². The molecule has 0 fully saturated rings. The van der Waals surface area contributed by atoms with Crippen molar-refractivity contribution in [2.45, 2.75) is 45.0 Å². The highest BCUT2D eigenvalue weighted by atomic mass is 32.2. The predicted octanol–water partition coefficient (Wildman–Crippen LogP) is 2.41. The maximum absolute atomic E-state index is 12.1. The molecule has 2 N–H and O–H groups in total. The molecule has 0 aromatic heterocycles. The van der Waals surface area contributed by atoms with Gasteiger partial charge in [-0.05, 0) is 39.8 Å². The second kappa shape index (κ2) is 6.41. The van der Waals surface area contributed by atoms with E-state index >= 15 is 0 Å². The van der Waals surface area contributed by atoms with Gasteiger partial charge in [-0.3, -0.25) is 0 Å². The van der Waals surface area contributed by atoms with Gasteiger partial charge in [0.25, 0.3) is 0 Å². The Morgan fingerprint density at radius 1 is 1.37 bits per heavy atom. The Bertz CT molecular complexity index is 452. The molecule has 0 radical (unpaired) electrons. The molecule has 0 unspecified atom stereocenters. The summed E-state index contributed by atoms with van der Waals surface area (Å²) in [5.74, 6) is 0.0767. The minimum atomic E-state index is -1.43. The van der Waals surface area contributed by atoms with E-state index in [0.717, 1.165) is 0 Å². The maximum Gasteiger partial charge on any atom is 0.144 e. The molecule has 0 spiro atoms. The number of hydrogen-bond donors (Lipinski definition) is 2. The van der Waals surface area contributed by atoms with Crippen LogP contribution in [-0.2, 0) is 11.4 Å². The molecule has 4 nitrogen and oxygen atoms in total. The summed E-state index contributed by atoms with van der Waals surface area (Å²) >= 11 is -1.43. The molecule has 0 saturated carbocycles. The summed E-state index contributed by atoms with van der Waals surface area (Å²) in [7, 11) is 0.